The molecule has 1 N–H and O–H groups in total. The minimum atomic E-state index is 0.0400. The molecule has 3 nitrogen and oxygen atoms in total. The first-order valence-electron chi connectivity index (χ1n) is 5.85. The van der Waals surface area contributed by atoms with Gasteiger partial charge in [0.1, 0.15) is 5.75 Å². The van der Waals surface area contributed by atoms with E-state index >= 15 is 0 Å². The van der Waals surface area contributed by atoms with E-state index in [0.29, 0.717) is 13.2 Å². The zero-order chi connectivity index (χ0) is 12.9. The largest absolute Gasteiger partial charge is 0.496 e. The monoisotopic (exact) mass is 238 g/mol. The predicted molar refractivity (Wildman–Crippen MR) is 68.4 cm³/mol. The smallest absolute Gasteiger partial charge is 0.122 e. The summed E-state index contributed by atoms with van der Waals surface area (Å²) in [5.41, 5.74) is 2.31. The standard InChI is InChI=1S/C14H22O3/c1-14(2,3)12-9-11(10-17-8-7-15)5-6-13(12)16-4/h5-6,9,15H,7-8,10H2,1-4H3. The number of hydrogen-bond acceptors (Lipinski definition) is 3. The summed E-state index contributed by atoms with van der Waals surface area (Å²) in [6.45, 7) is 7.42. The van der Waals surface area contributed by atoms with E-state index in [9.17, 15) is 0 Å². The number of ether oxygens (including phenoxy) is 2. The number of rotatable bonds is 5. The molecule has 0 aromatic heterocycles. The Kier molecular flexibility index (Phi) is 4.97. The van der Waals surface area contributed by atoms with Gasteiger partial charge in [-0.3, -0.25) is 0 Å². The Morgan fingerprint density at radius 1 is 1.24 bits per heavy atom. The lowest BCUT2D eigenvalue weighted by atomic mass is 9.85. The second kappa shape index (κ2) is 6.03. The fourth-order valence-corrected chi connectivity index (χ4v) is 1.69. The average molecular weight is 238 g/mol. The van der Waals surface area contributed by atoms with Crippen molar-refractivity contribution in [2.75, 3.05) is 20.3 Å². The van der Waals surface area contributed by atoms with Crippen LogP contribution >= 0.6 is 0 Å². The lowest BCUT2D eigenvalue weighted by molar-refractivity contribution is 0.0814. The van der Waals surface area contributed by atoms with Gasteiger partial charge in [-0.05, 0) is 28.7 Å². The van der Waals surface area contributed by atoms with Crippen LogP contribution in [0.1, 0.15) is 31.9 Å². The summed E-state index contributed by atoms with van der Waals surface area (Å²) in [5, 5.41) is 8.67. The SMILES string of the molecule is COc1ccc(COCCO)cc1C(C)(C)C. The van der Waals surface area contributed by atoms with Crippen LogP contribution in [0.5, 0.6) is 5.75 Å². The van der Waals surface area contributed by atoms with E-state index in [2.05, 4.69) is 26.8 Å². The average Bonchev–Trinajstić information content (AvgIpc) is 2.28. The Hall–Kier alpha value is -1.06. The maximum absolute atomic E-state index is 8.67. The number of benzene rings is 1. The van der Waals surface area contributed by atoms with Crippen LogP contribution in [-0.4, -0.2) is 25.4 Å². The molecule has 0 fully saturated rings. The molecule has 0 unspecified atom stereocenters. The van der Waals surface area contributed by atoms with E-state index in [1.807, 2.05) is 12.1 Å². The molecule has 0 amide bonds. The van der Waals surface area contributed by atoms with Crippen LogP contribution in [0.4, 0.5) is 0 Å². The third kappa shape index (κ3) is 4.02. The van der Waals surface area contributed by atoms with E-state index in [0.717, 1.165) is 11.3 Å². The molecule has 0 aliphatic rings. The quantitative estimate of drug-likeness (QED) is 0.801. The van der Waals surface area contributed by atoms with Gasteiger partial charge in [0.05, 0.1) is 26.9 Å². The van der Waals surface area contributed by atoms with Gasteiger partial charge in [-0.2, -0.15) is 0 Å². The third-order valence-electron chi connectivity index (χ3n) is 2.58. The molecule has 0 bridgehead atoms. The van der Waals surface area contributed by atoms with Crippen LogP contribution in [0.15, 0.2) is 18.2 Å². The van der Waals surface area contributed by atoms with Gasteiger partial charge in [-0.15, -0.1) is 0 Å². The van der Waals surface area contributed by atoms with E-state index in [1.165, 1.54) is 5.56 Å². The Morgan fingerprint density at radius 2 is 1.94 bits per heavy atom. The van der Waals surface area contributed by atoms with Crippen molar-refractivity contribution in [2.24, 2.45) is 0 Å². The Bertz CT molecular complexity index is 353. The zero-order valence-corrected chi connectivity index (χ0v) is 11.1. The van der Waals surface area contributed by atoms with E-state index in [-0.39, 0.29) is 12.0 Å². The maximum Gasteiger partial charge on any atom is 0.122 e. The summed E-state index contributed by atoms with van der Waals surface area (Å²) in [6, 6.07) is 6.07. The molecule has 17 heavy (non-hydrogen) atoms. The topological polar surface area (TPSA) is 38.7 Å². The highest BCUT2D eigenvalue weighted by Crippen LogP contribution is 2.32. The Morgan fingerprint density at radius 3 is 2.47 bits per heavy atom. The summed E-state index contributed by atoms with van der Waals surface area (Å²) in [6.07, 6.45) is 0. The molecule has 0 aliphatic carbocycles. The summed E-state index contributed by atoms with van der Waals surface area (Å²) < 4.78 is 10.7. The first kappa shape index (κ1) is 14.0. The lowest BCUT2D eigenvalue weighted by Crippen LogP contribution is -2.13. The van der Waals surface area contributed by atoms with Gasteiger partial charge in [-0.25, -0.2) is 0 Å². The molecule has 0 spiro atoms. The maximum atomic E-state index is 8.67. The summed E-state index contributed by atoms with van der Waals surface area (Å²) in [7, 11) is 1.69. The van der Waals surface area contributed by atoms with E-state index in [1.54, 1.807) is 7.11 Å². The number of aliphatic hydroxyl groups is 1. The van der Waals surface area contributed by atoms with Crippen molar-refractivity contribution in [3.05, 3.63) is 29.3 Å². The first-order chi connectivity index (χ1) is 7.99. The zero-order valence-electron chi connectivity index (χ0n) is 11.1. The molecule has 0 saturated carbocycles. The lowest BCUT2D eigenvalue weighted by Gasteiger charge is -2.23. The van der Waals surface area contributed by atoms with Crippen LogP contribution in [0.25, 0.3) is 0 Å². The van der Waals surface area contributed by atoms with Gasteiger partial charge in [0, 0.05) is 0 Å². The van der Waals surface area contributed by atoms with E-state index < -0.39 is 0 Å². The van der Waals surface area contributed by atoms with Gasteiger partial charge in [-0.1, -0.05) is 26.8 Å². The Labute approximate surface area is 103 Å². The van der Waals surface area contributed by atoms with Gasteiger partial charge >= 0.3 is 0 Å². The highest BCUT2D eigenvalue weighted by Gasteiger charge is 2.19. The van der Waals surface area contributed by atoms with Crippen LogP contribution in [-0.2, 0) is 16.8 Å². The Balaban J connectivity index is 2.89. The molecule has 1 aromatic carbocycles. The van der Waals surface area contributed by atoms with Gasteiger partial charge in [0.2, 0.25) is 0 Å². The van der Waals surface area contributed by atoms with Crippen molar-refractivity contribution in [1.29, 1.82) is 0 Å². The number of hydrogen-bond donors (Lipinski definition) is 1. The molecule has 0 aliphatic heterocycles. The summed E-state index contributed by atoms with van der Waals surface area (Å²) >= 11 is 0. The number of aliphatic hydroxyl groups excluding tert-OH is 1. The summed E-state index contributed by atoms with van der Waals surface area (Å²) in [5.74, 6) is 0.906. The molecule has 3 heteroatoms. The highest BCUT2D eigenvalue weighted by atomic mass is 16.5. The number of methoxy groups -OCH3 is 1. The molecule has 1 aromatic rings. The fraction of sp³-hybridized carbons (Fsp3) is 0.571. The molecule has 0 heterocycles. The fourth-order valence-electron chi connectivity index (χ4n) is 1.69. The first-order valence-corrected chi connectivity index (χ1v) is 5.85. The van der Waals surface area contributed by atoms with Crippen LogP contribution in [0, 0.1) is 0 Å². The van der Waals surface area contributed by atoms with Crippen LogP contribution in [0.3, 0.4) is 0 Å². The van der Waals surface area contributed by atoms with Crippen molar-refractivity contribution in [2.45, 2.75) is 32.8 Å². The third-order valence-corrected chi connectivity index (χ3v) is 2.58. The van der Waals surface area contributed by atoms with Crippen LogP contribution < -0.4 is 4.74 Å². The second-order valence-corrected chi connectivity index (χ2v) is 5.06. The molecule has 0 saturated heterocycles. The normalized spacial score (nSPS) is 11.6. The molecule has 0 atom stereocenters. The molecule has 1 rings (SSSR count). The molecular weight excluding hydrogens is 216 g/mol. The predicted octanol–water partition coefficient (Wildman–Crippen LogP) is 2.50. The van der Waals surface area contributed by atoms with Crippen molar-refractivity contribution in [1.82, 2.24) is 0 Å². The van der Waals surface area contributed by atoms with E-state index in [4.69, 9.17) is 14.6 Å². The minimum Gasteiger partial charge on any atom is -0.496 e. The van der Waals surface area contributed by atoms with Crippen molar-refractivity contribution >= 4 is 0 Å². The van der Waals surface area contributed by atoms with Crippen molar-refractivity contribution in [3.8, 4) is 5.75 Å². The second-order valence-electron chi connectivity index (χ2n) is 5.06. The van der Waals surface area contributed by atoms with Crippen LogP contribution in [0.2, 0.25) is 0 Å². The molecular formula is C14H22O3. The van der Waals surface area contributed by atoms with Gasteiger partial charge in [0.15, 0.2) is 0 Å². The molecule has 96 valence electrons. The highest BCUT2D eigenvalue weighted by molar-refractivity contribution is 5.41. The minimum absolute atomic E-state index is 0.0400. The van der Waals surface area contributed by atoms with Crippen molar-refractivity contribution in [3.63, 3.8) is 0 Å². The van der Waals surface area contributed by atoms with Gasteiger partial charge in [0.25, 0.3) is 0 Å². The summed E-state index contributed by atoms with van der Waals surface area (Å²) in [4.78, 5) is 0. The van der Waals surface area contributed by atoms with Gasteiger partial charge < -0.3 is 14.6 Å². The van der Waals surface area contributed by atoms with Crippen molar-refractivity contribution < 1.29 is 14.6 Å². The molecule has 0 radical (unpaired) electrons.